The number of amides is 9. The van der Waals surface area contributed by atoms with Gasteiger partial charge in [-0.25, -0.2) is 24.0 Å². The first kappa shape index (κ1) is 75.8. The fraction of sp³-hybridized carbons (Fsp3) is 0.755. The molecule has 0 bridgehead atoms. The van der Waals surface area contributed by atoms with Gasteiger partial charge >= 0.3 is 36.2 Å². The highest BCUT2D eigenvalue weighted by molar-refractivity contribution is 5.97. The number of hydrogen-bond acceptors (Lipinski definition) is 17. The number of aliphatic imine (C=N–C) groups is 1. The van der Waals surface area contributed by atoms with Gasteiger partial charge in [0.2, 0.25) is 35.4 Å². The van der Waals surface area contributed by atoms with Crippen LogP contribution in [0.2, 0.25) is 0 Å². The number of esters is 1. The predicted molar refractivity (Wildman–Crippen MR) is 298 cm³/mol. The lowest BCUT2D eigenvalue weighted by Gasteiger charge is -2.34. The SMILES string of the molecule is C1=NCCC1.CCOC(=O)C(C)(C)NC(=O)C1CCCN1C(=O)C(C)(C)NC(=O)CN(C)C(=O)CN(C)C(=O)OC(C)(C)C.CN(CC(=O)NC(C)(C)C(=O)O)C(=O)CN(C)C(=O)OC(C)(C)C.CN(CC(=O)O)C(=O)OC(C)(C)C. The Morgan fingerprint density at radius 3 is 1.26 bits per heavy atom. The monoisotopic (exact) mass is 1160 g/mol. The van der Waals surface area contributed by atoms with E-state index in [1.54, 1.807) is 69.2 Å². The smallest absolute Gasteiger partial charge is 0.410 e. The van der Waals surface area contributed by atoms with Crippen molar-refractivity contribution in [2.45, 2.75) is 176 Å². The van der Waals surface area contributed by atoms with Crippen molar-refractivity contribution in [1.82, 2.24) is 45.3 Å². The molecule has 0 aromatic heterocycles. The summed E-state index contributed by atoms with van der Waals surface area (Å²) in [5, 5.41) is 24.9. The van der Waals surface area contributed by atoms with Gasteiger partial charge in [0.15, 0.2) is 0 Å². The number of aliphatic carboxylic acids is 2. The van der Waals surface area contributed by atoms with Crippen LogP contribution < -0.4 is 16.0 Å². The molecule has 0 aromatic carbocycles. The van der Waals surface area contributed by atoms with Crippen molar-refractivity contribution in [3.8, 4) is 0 Å². The van der Waals surface area contributed by atoms with E-state index in [9.17, 15) is 57.5 Å². The minimum Gasteiger partial charge on any atom is -0.480 e. The van der Waals surface area contributed by atoms with Gasteiger partial charge in [0.1, 0.15) is 59.1 Å². The van der Waals surface area contributed by atoms with Crippen molar-refractivity contribution in [3.63, 3.8) is 0 Å². The highest BCUT2D eigenvalue weighted by atomic mass is 16.6. The second-order valence-electron chi connectivity index (χ2n) is 23.8. The minimum atomic E-state index is -1.44. The zero-order chi connectivity index (χ0) is 63.8. The number of carboxylic acids is 2. The largest absolute Gasteiger partial charge is 0.480 e. The van der Waals surface area contributed by atoms with E-state index in [1.807, 2.05) is 6.21 Å². The quantitative estimate of drug-likeness (QED) is 0.0973. The second kappa shape index (κ2) is 32.8. The average Bonchev–Trinajstić information content (AvgIpc) is 4.04. The number of carbonyl (C=O) groups excluding carboxylic acids is 10. The highest BCUT2D eigenvalue weighted by Crippen LogP contribution is 2.23. The van der Waals surface area contributed by atoms with Crippen molar-refractivity contribution in [2.75, 3.05) is 87.7 Å². The van der Waals surface area contributed by atoms with E-state index < -0.39 is 111 Å². The van der Waals surface area contributed by atoms with Gasteiger partial charge in [-0.3, -0.25) is 38.6 Å². The number of nitrogens with one attached hydrogen (secondary N) is 3. The number of nitrogens with zero attached hydrogens (tertiary/aromatic N) is 7. The van der Waals surface area contributed by atoms with E-state index in [4.69, 9.17) is 29.2 Å². The van der Waals surface area contributed by atoms with Gasteiger partial charge in [0.25, 0.3) is 0 Å². The number of rotatable bonds is 18. The van der Waals surface area contributed by atoms with Crippen LogP contribution >= 0.6 is 0 Å². The fourth-order valence-electron chi connectivity index (χ4n) is 6.41. The summed E-state index contributed by atoms with van der Waals surface area (Å²) >= 11 is 0. The molecule has 464 valence electrons. The summed E-state index contributed by atoms with van der Waals surface area (Å²) < 4.78 is 20.3. The zero-order valence-corrected chi connectivity index (χ0v) is 51.7. The molecular weight excluding hydrogens is 1060 g/mol. The van der Waals surface area contributed by atoms with E-state index in [0.717, 1.165) is 31.0 Å². The first-order valence-electron chi connectivity index (χ1n) is 26.3. The van der Waals surface area contributed by atoms with Gasteiger partial charge in [-0.1, -0.05) is 0 Å². The number of carbonyl (C=O) groups is 12. The molecule has 81 heavy (non-hydrogen) atoms. The van der Waals surface area contributed by atoms with E-state index in [1.165, 1.54) is 94.5 Å². The summed E-state index contributed by atoms with van der Waals surface area (Å²) in [6, 6.07) is -0.810. The molecule has 5 N–H and O–H groups in total. The van der Waals surface area contributed by atoms with Crippen LogP contribution in [0, 0.1) is 0 Å². The van der Waals surface area contributed by atoms with Gasteiger partial charge in [-0.05, 0) is 143 Å². The molecule has 1 fully saturated rings. The molecule has 2 rings (SSSR count). The lowest BCUT2D eigenvalue weighted by atomic mass is 10.0. The van der Waals surface area contributed by atoms with E-state index in [-0.39, 0.29) is 39.3 Å². The van der Waals surface area contributed by atoms with Crippen LogP contribution in [0.4, 0.5) is 14.4 Å². The molecule has 2 heterocycles. The third-order valence-corrected chi connectivity index (χ3v) is 10.6. The zero-order valence-electron chi connectivity index (χ0n) is 51.7. The normalized spacial score (nSPS) is 14.0. The summed E-state index contributed by atoms with van der Waals surface area (Å²) in [5.74, 6) is -5.97. The van der Waals surface area contributed by atoms with Crippen molar-refractivity contribution in [3.05, 3.63) is 0 Å². The number of likely N-dealkylation sites (tertiary alicyclic amines) is 1. The summed E-state index contributed by atoms with van der Waals surface area (Å²) in [5.41, 5.74) is -6.08. The van der Waals surface area contributed by atoms with Gasteiger partial charge in [-0.15, -0.1) is 0 Å². The molecule has 28 heteroatoms. The molecule has 0 spiro atoms. The van der Waals surface area contributed by atoms with E-state index in [2.05, 4.69) is 20.9 Å². The van der Waals surface area contributed by atoms with Gasteiger partial charge in [0, 0.05) is 48.3 Å². The van der Waals surface area contributed by atoms with Crippen LogP contribution in [0.15, 0.2) is 4.99 Å². The van der Waals surface area contributed by atoms with Crippen LogP contribution in [-0.2, 0) is 62.1 Å². The highest BCUT2D eigenvalue weighted by Gasteiger charge is 2.44. The van der Waals surface area contributed by atoms with Crippen LogP contribution in [0.25, 0.3) is 0 Å². The summed E-state index contributed by atoms with van der Waals surface area (Å²) in [6.45, 7) is 25.8. The summed E-state index contributed by atoms with van der Waals surface area (Å²) in [7, 11) is 7.00. The first-order chi connectivity index (χ1) is 36.6. The maximum atomic E-state index is 13.4. The Morgan fingerprint density at radius 2 is 0.938 bits per heavy atom. The molecule has 9 amide bonds. The van der Waals surface area contributed by atoms with E-state index >= 15 is 0 Å². The summed E-state index contributed by atoms with van der Waals surface area (Å²) in [4.78, 5) is 155. The molecular formula is C53H94N10O18. The molecule has 0 aromatic rings. The maximum Gasteiger partial charge on any atom is 0.410 e. The van der Waals surface area contributed by atoms with Crippen LogP contribution in [-0.4, -0.2) is 245 Å². The lowest BCUT2D eigenvalue weighted by molar-refractivity contribution is -0.153. The Balaban J connectivity index is 0. The van der Waals surface area contributed by atoms with Crippen LogP contribution in [0.3, 0.4) is 0 Å². The molecule has 28 nitrogen and oxygen atoms in total. The Hall–Kier alpha value is -7.29. The van der Waals surface area contributed by atoms with Gasteiger partial charge in [-0.2, -0.15) is 0 Å². The number of carboxylic acid groups (broad SMARTS) is 2. The fourth-order valence-corrected chi connectivity index (χ4v) is 6.41. The topological polar surface area (TPSA) is 350 Å². The third kappa shape index (κ3) is 31.9. The Morgan fingerprint density at radius 1 is 0.543 bits per heavy atom. The van der Waals surface area contributed by atoms with Crippen molar-refractivity contribution >= 4 is 77.8 Å². The van der Waals surface area contributed by atoms with E-state index in [0.29, 0.717) is 19.4 Å². The molecule has 1 unspecified atom stereocenters. The molecule has 0 aliphatic carbocycles. The molecule has 1 atom stereocenters. The Labute approximate surface area is 477 Å². The summed E-state index contributed by atoms with van der Waals surface area (Å²) in [6.07, 6.45) is 3.50. The molecule has 2 aliphatic rings. The Kier molecular flexibility index (Phi) is 30.7. The third-order valence-electron chi connectivity index (χ3n) is 10.6. The molecule has 1 saturated heterocycles. The number of likely N-dealkylation sites (N-methyl/N-ethyl adjacent to an activating group) is 5. The lowest BCUT2D eigenvalue weighted by Crippen LogP contribution is -2.61. The Bertz CT molecular complexity index is 2220. The standard InChI is InChI=1S/C26H45N5O8.C15H27N3O6.C8H15NO4.C4H7N/c1-11-38-22(36)26(7,8)28-20(34)17-13-12-14-31(17)21(35)25(5,6)27-18(32)15-29(9)19(33)16-30(10)23(37)39-24(2,3)4;1-14(2,3)24-13(23)18(7)9-11(20)17(6)8-10(19)16-15(4,5)12(21)22;1-8(2,3)13-7(12)9(4)5-6(10)11;1-2-4-5-3-1/h17H,11-16H2,1-10H3,(H,27,32)(H,28,34);8-9H2,1-7H3,(H,16,19)(H,21,22);5H2,1-4H3,(H,10,11);3H,1-2,4H2. The number of ether oxygens (including phenoxy) is 4. The van der Waals surface area contributed by atoms with Crippen molar-refractivity contribution in [2.24, 2.45) is 4.99 Å². The predicted octanol–water partition coefficient (Wildman–Crippen LogP) is 2.74. The van der Waals surface area contributed by atoms with Gasteiger partial charge in [0.05, 0.1) is 19.7 Å². The van der Waals surface area contributed by atoms with Crippen LogP contribution in [0.1, 0.15) is 136 Å². The van der Waals surface area contributed by atoms with Gasteiger partial charge < -0.3 is 74.5 Å². The minimum absolute atomic E-state index is 0.168. The number of hydrogen-bond donors (Lipinski definition) is 5. The van der Waals surface area contributed by atoms with Crippen molar-refractivity contribution in [1.29, 1.82) is 0 Å². The maximum absolute atomic E-state index is 13.4. The molecule has 0 saturated carbocycles. The average molecular weight is 1160 g/mol. The molecule has 0 radical (unpaired) electrons. The van der Waals surface area contributed by atoms with Crippen molar-refractivity contribution < 1.29 is 86.7 Å². The second-order valence-corrected chi connectivity index (χ2v) is 23.8. The first-order valence-corrected chi connectivity index (χ1v) is 26.3. The van der Waals surface area contributed by atoms with Crippen LogP contribution in [0.5, 0.6) is 0 Å². The molecule has 2 aliphatic heterocycles.